The van der Waals surface area contributed by atoms with Crippen LogP contribution in [0.2, 0.25) is 0 Å². The van der Waals surface area contributed by atoms with Gasteiger partial charge in [0.1, 0.15) is 0 Å². The van der Waals surface area contributed by atoms with Crippen molar-refractivity contribution >= 4 is 38.9 Å². The first kappa shape index (κ1) is 36.4. The fourth-order valence-electron chi connectivity index (χ4n) is 11.1. The van der Waals surface area contributed by atoms with Gasteiger partial charge in [-0.15, -0.1) is 0 Å². The second-order valence-corrected chi connectivity index (χ2v) is 18.1. The van der Waals surface area contributed by atoms with E-state index >= 15 is 0 Å². The zero-order chi connectivity index (χ0) is 41.7. The fraction of sp³-hybridized carbons (Fsp3) is 0.100. The second-order valence-electron chi connectivity index (χ2n) is 18.1. The van der Waals surface area contributed by atoms with Crippen molar-refractivity contribution in [2.75, 3.05) is 4.90 Å². The molecule has 1 aromatic heterocycles. The molecule has 2 aliphatic rings. The predicted molar refractivity (Wildman–Crippen MR) is 261 cm³/mol. The molecular formula is C60H46N2. The summed E-state index contributed by atoms with van der Waals surface area (Å²) in [4.78, 5) is 2.48. The second kappa shape index (κ2) is 13.5. The Hall–Kier alpha value is -7.42. The zero-order valence-corrected chi connectivity index (χ0v) is 35.5. The molecule has 10 aromatic rings. The molecule has 62 heavy (non-hydrogen) atoms. The van der Waals surface area contributed by atoms with Crippen LogP contribution in [0.5, 0.6) is 0 Å². The van der Waals surface area contributed by atoms with E-state index in [-0.39, 0.29) is 10.8 Å². The van der Waals surface area contributed by atoms with Crippen molar-refractivity contribution in [2.45, 2.75) is 38.5 Å². The van der Waals surface area contributed by atoms with Crippen LogP contribution in [0.4, 0.5) is 17.1 Å². The molecule has 0 spiro atoms. The van der Waals surface area contributed by atoms with Crippen molar-refractivity contribution in [1.82, 2.24) is 4.57 Å². The molecule has 0 bridgehead atoms. The summed E-state index contributed by atoms with van der Waals surface area (Å²) in [6.07, 6.45) is 0. The third kappa shape index (κ3) is 5.23. The van der Waals surface area contributed by atoms with Crippen molar-refractivity contribution in [3.63, 3.8) is 0 Å². The lowest BCUT2D eigenvalue weighted by atomic mass is 9.81. The maximum Gasteiger partial charge on any atom is 0.0547 e. The minimum atomic E-state index is -0.186. The Morgan fingerprint density at radius 3 is 1.63 bits per heavy atom. The number of nitrogens with zero attached hydrogens (tertiary/aromatic N) is 2. The molecule has 2 aliphatic carbocycles. The van der Waals surface area contributed by atoms with Gasteiger partial charge in [0.05, 0.1) is 16.7 Å². The Kier molecular flexibility index (Phi) is 7.96. The molecule has 296 valence electrons. The summed E-state index contributed by atoms with van der Waals surface area (Å²) in [6.45, 7) is 9.48. The molecule has 12 rings (SSSR count). The summed E-state index contributed by atoms with van der Waals surface area (Å²) in [7, 11) is 0. The topological polar surface area (TPSA) is 8.17 Å². The van der Waals surface area contributed by atoms with E-state index in [0.29, 0.717) is 0 Å². The third-order valence-electron chi connectivity index (χ3n) is 14.0. The van der Waals surface area contributed by atoms with E-state index in [1.54, 1.807) is 0 Å². The first-order valence-corrected chi connectivity index (χ1v) is 21.9. The van der Waals surface area contributed by atoms with Gasteiger partial charge in [0.25, 0.3) is 0 Å². The van der Waals surface area contributed by atoms with Gasteiger partial charge in [-0.05, 0) is 121 Å². The summed E-state index contributed by atoms with van der Waals surface area (Å²) < 4.78 is 2.40. The van der Waals surface area contributed by atoms with E-state index in [4.69, 9.17) is 0 Å². The number of benzene rings is 9. The molecule has 0 fully saturated rings. The SMILES string of the molecule is CC1(C)c2ccccc2-c2c(-c3ccc(N(c4ccc(-c5cccc6c5c5ccccc5n6-c5ccccc5)cc4)c4cccc5c4C(C)(C)c4ccccc4-5)cc3)cccc21. The Morgan fingerprint density at radius 1 is 0.371 bits per heavy atom. The minimum absolute atomic E-state index is 0.0482. The number of aromatic nitrogens is 1. The van der Waals surface area contributed by atoms with Crippen LogP contribution in [0, 0.1) is 0 Å². The highest BCUT2D eigenvalue weighted by Crippen LogP contribution is 2.55. The van der Waals surface area contributed by atoms with Crippen LogP contribution in [0.1, 0.15) is 49.9 Å². The van der Waals surface area contributed by atoms with Gasteiger partial charge in [-0.3, -0.25) is 0 Å². The van der Waals surface area contributed by atoms with Gasteiger partial charge in [-0.1, -0.05) is 179 Å². The molecule has 0 saturated carbocycles. The lowest BCUT2D eigenvalue weighted by Crippen LogP contribution is -2.20. The molecule has 0 amide bonds. The minimum Gasteiger partial charge on any atom is -0.310 e. The lowest BCUT2D eigenvalue weighted by molar-refractivity contribution is 0.660. The molecule has 9 aromatic carbocycles. The highest BCUT2D eigenvalue weighted by atomic mass is 15.1. The maximum absolute atomic E-state index is 2.48. The van der Waals surface area contributed by atoms with Gasteiger partial charge in [0, 0.05) is 38.7 Å². The van der Waals surface area contributed by atoms with E-state index in [2.05, 4.69) is 243 Å². The van der Waals surface area contributed by atoms with E-state index in [1.165, 1.54) is 99.9 Å². The van der Waals surface area contributed by atoms with E-state index < -0.39 is 0 Å². The highest BCUT2D eigenvalue weighted by molar-refractivity contribution is 6.15. The average Bonchev–Trinajstić information content (AvgIpc) is 3.87. The fourth-order valence-corrected chi connectivity index (χ4v) is 11.1. The predicted octanol–water partition coefficient (Wildman–Crippen LogP) is 16.2. The van der Waals surface area contributed by atoms with Crippen molar-refractivity contribution < 1.29 is 0 Å². The average molecular weight is 795 g/mol. The van der Waals surface area contributed by atoms with Crippen LogP contribution in [-0.4, -0.2) is 4.57 Å². The monoisotopic (exact) mass is 794 g/mol. The number of hydrogen-bond acceptors (Lipinski definition) is 1. The number of anilines is 3. The summed E-state index contributed by atoms with van der Waals surface area (Å²) in [5, 5.41) is 2.52. The van der Waals surface area contributed by atoms with Crippen molar-refractivity contribution in [2.24, 2.45) is 0 Å². The summed E-state index contributed by atoms with van der Waals surface area (Å²) in [5.41, 5.74) is 22.6. The van der Waals surface area contributed by atoms with Gasteiger partial charge in [0.15, 0.2) is 0 Å². The summed E-state index contributed by atoms with van der Waals surface area (Å²) >= 11 is 0. The first-order valence-electron chi connectivity index (χ1n) is 21.9. The number of rotatable bonds is 6. The van der Waals surface area contributed by atoms with Gasteiger partial charge in [0.2, 0.25) is 0 Å². The van der Waals surface area contributed by atoms with Crippen LogP contribution in [0.15, 0.2) is 206 Å². The number of hydrogen-bond donors (Lipinski definition) is 0. The molecule has 2 nitrogen and oxygen atoms in total. The van der Waals surface area contributed by atoms with Gasteiger partial charge in [-0.2, -0.15) is 0 Å². The van der Waals surface area contributed by atoms with Crippen LogP contribution in [0.3, 0.4) is 0 Å². The number of para-hydroxylation sites is 2. The summed E-state index contributed by atoms with van der Waals surface area (Å²) in [5.74, 6) is 0. The zero-order valence-electron chi connectivity index (χ0n) is 35.5. The first-order chi connectivity index (χ1) is 30.3. The molecule has 0 N–H and O–H groups in total. The van der Waals surface area contributed by atoms with E-state index in [0.717, 1.165) is 11.4 Å². The van der Waals surface area contributed by atoms with Crippen molar-refractivity contribution in [1.29, 1.82) is 0 Å². The normalized spacial score (nSPS) is 14.1. The molecule has 0 atom stereocenters. The lowest BCUT2D eigenvalue weighted by Gasteiger charge is -2.32. The Morgan fingerprint density at radius 2 is 0.887 bits per heavy atom. The van der Waals surface area contributed by atoms with Crippen LogP contribution in [0.25, 0.3) is 72.0 Å². The van der Waals surface area contributed by atoms with Gasteiger partial charge in [-0.25, -0.2) is 0 Å². The van der Waals surface area contributed by atoms with Crippen LogP contribution >= 0.6 is 0 Å². The van der Waals surface area contributed by atoms with Crippen molar-refractivity contribution in [3.8, 4) is 50.2 Å². The van der Waals surface area contributed by atoms with Crippen LogP contribution < -0.4 is 4.90 Å². The quantitative estimate of drug-likeness (QED) is 0.163. The maximum atomic E-state index is 2.48. The summed E-state index contributed by atoms with van der Waals surface area (Å²) in [6, 6.07) is 76.4. The Balaban J connectivity index is 1.01. The smallest absolute Gasteiger partial charge is 0.0547 e. The molecule has 0 unspecified atom stereocenters. The Labute approximate surface area is 364 Å². The van der Waals surface area contributed by atoms with Crippen LogP contribution in [-0.2, 0) is 10.8 Å². The van der Waals surface area contributed by atoms with Crippen molar-refractivity contribution in [3.05, 3.63) is 229 Å². The molecular weight excluding hydrogens is 749 g/mol. The largest absolute Gasteiger partial charge is 0.310 e. The molecule has 0 saturated heterocycles. The van der Waals surface area contributed by atoms with Gasteiger partial charge < -0.3 is 9.47 Å². The molecule has 0 aliphatic heterocycles. The molecule has 2 heteroatoms. The third-order valence-corrected chi connectivity index (χ3v) is 14.0. The standard InChI is InChI=1S/C60H46N2/c1-59(2)51-26-12-9-20-48(51)56-44(22-14-27-52(56)59)39-31-35-42(36-32-39)61(55-30-16-24-47-46-19-8-11-25-50(46)60(3,4)58(47)55)43-37-33-40(34-38-43)45-23-15-29-54-57(45)49-21-10-13-28-53(49)62(54)41-17-6-5-7-18-41/h5-38H,1-4H3. The Bertz CT molecular complexity index is 3380. The molecule has 0 radical (unpaired) electrons. The number of fused-ring (bicyclic) bond motifs is 9. The molecule has 1 heterocycles. The van der Waals surface area contributed by atoms with E-state index in [1.807, 2.05) is 0 Å². The van der Waals surface area contributed by atoms with E-state index in [9.17, 15) is 0 Å². The highest BCUT2D eigenvalue weighted by Gasteiger charge is 2.39. The van der Waals surface area contributed by atoms with Gasteiger partial charge >= 0.3 is 0 Å².